The molecule has 144 valence electrons. The molecule has 0 aliphatic rings. The van der Waals surface area contributed by atoms with Gasteiger partial charge in [-0.2, -0.15) is 0 Å². The lowest BCUT2D eigenvalue weighted by molar-refractivity contribution is -0.118. The third kappa shape index (κ3) is 5.47. The molecule has 7 heteroatoms. The van der Waals surface area contributed by atoms with Crippen molar-refractivity contribution in [3.63, 3.8) is 0 Å². The van der Waals surface area contributed by atoms with Gasteiger partial charge in [-0.1, -0.05) is 29.8 Å². The Kier molecular flexibility index (Phi) is 7.24. The smallest absolute Gasteiger partial charge is 0.251 e. The quantitative estimate of drug-likeness (QED) is 0.693. The minimum atomic E-state index is -0.705. The van der Waals surface area contributed by atoms with E-state index in [9.17, 15) is 9.59 Å². The SMILES string of the molecule is COc1ccc(C(=O)NC(C(=O)Nc2cc(Br)ccc2OC)C(C)C)cc1. The predicted molar refractivity (Wildman–Crippen MR) is 108 cm³/mol. The van der Waals surface area contributed by atoms with Crippen LogP contribution < -0.4 is 20.1 Å². The van der Waals surface area contributed by atoms with Crippen LogP contribution in [0, 0.1) is 5.92 Å². The highest BCUT2D eigenvalue weighted by Gasteiger charge is 2.25. The van der Waals surface area contributed by atoms with Gasteiger partial charge >= 0.3 is 0 Å². The molecule has 0 radical (unpaired) electrons. The lowest BCUT2D eigenvalue weighted by Crippen LogP contribution is -2.47. The number of anilines is 1. The van der Waals surface area contributed by atoms with E-state index in [0.717, 1.165) is 4.47 Å². The number of carbonyl (C=O) groups excluding carboxylic acids is 2. The molecule has 2 amide bonds. The van der Waals surface area contributed by atoms with Crippen LogP contribution in [0.1, 0.15) is 24.2 Å². The standard InChI is InChI=1S/C20H23BrN2O4/c1-12(2)18(23-19(24)13-5-8-15(26-3)9-6-13)20(25)22-16-11-14(21)7-10-17(16)27-4/h5-12,18H,1-4H3,(H,22,25)(H,23,24). The molecule has 2 N–H and O–H groups in total. The van der Waals surface area contributed by atoms with Gasteiger partial charge in [0.1, 0.15) is 17.5 Å². The maximum Gasteiger partial charge on any atom is 0.251 e. The normalized spacial score (nSPS) is 11.6. The van der Waals surface area contributed by atoms with Crippen molar-refractivity contribution in [2.45, 2.75) is 19.9 Å². The first-order valence-electron chi connectivity index (χ1n) is 8.45. The zero-order valence-corrected chi connectivity index (χ0v) is 17.3. The van der Waals surface area contributed by atoms with Gasteiger partial charge in [0.15, 0.2) is 0 Å². The zero-order chi connectivity index (χ0) is 20.0. The van der Waals surface area contributed by atoms with Gasteiger partial charge in [-0.3, -0.25) is 9.59 Å². The third-order valence-corrected chi connectivity index (χ3v) is 4.50. The maximum absolute atomic E-state index is 12.8. The molecule has 0 saturated carbocycles. The molecule has 0 aliphatic carbocycles. The Morgan fingerprint density at radius 2 is 1.67 bits per heavy atom. The molecule has 0 aliphatic heterocycles. The molecule has 2 aromatic rings. The average molecular weight is 435 g/mol. The van der Waals surface area contributed by atoms with E-state index in [1.165, 1.54) is 7.11 Å². The summed E-state index contributed by atoms with van der Waals surface area (Å²) in [6.45, 7) is 3.74. The van der Waals surface area contributed by atoms with Crippen LogP contribution in [0.2, 0.25) is 0 Å². The second kappa shape index (κ2) is 9.41. The molecule has 0 aromatic heterocycles. The number of benzene rings is 2. The van der Waals surface area contributed by atoms with Gasteiger partial charge in [0.25, 0.3) is 5.91 Å². The first-order valence-corrected chi connectivity index (χ1v) is 9.24. The Balaban J connectivity index is 2.15. The number of halogens is 1. The number of carbonyl (C=O) groups is 2. The topological polar surface area (TPSA) is 76.7 Å². The van der Waals surface area contributed by atoms with Gasteiger partial charge in [-0.25, -0.2) is 0 Å². The number of hydrogen-bond acceptors (Lipinski definition) is 4. The first-order chi connectivity index (χ1) is 12.8. The summed E-state index contributed by atoms with van der Waals surface area (Å²) in [5.74, 6) is 0.448. The summed E-state index contributed by atoms with van der Waals surface area (Å²) in [4.78, 5) is 25.3. The number of rotatable bonds is 7. The van der Waals surface area contributed by atoms with Crippen molar-refractivity contribution < 1.29 is 19.1 Å². The van der Waals surface area contributed by atoms with Crippen LogP contribution in [0.3, 0.4) is 0 Å². The summed E-state index contributed by atoms with van der Waals surface area (Å²) in [5.41, 5.74) is 0.982. The van der Waals surface area contributed by atoms with Crippen molar-refractivity contribution in [2.75, 3.05) is 19.5 Å². The second-order valence-electron chi connectivity index (χ2n) is 6.26. The van der Waals surface area contributed by atoms with E-state index in [1.54, 1.807) is 43.5 Å². The molecule has 0 heterocycles. The molecule has 0 saturated heterocycles. The van der Waals surface area contributed by atoms with Crippen molar-refractivity contribution in [3.05, 3.63) is 52.5 Å². The Morgan fingerprint density at radius 1 is 1.00 bits per heavy atom. The van der Waals surface area contributed by atoms with E-state index in [2.05, 4.69) is 26.6 Å². The fourth-order valence-corrected chi connectivity index (χ4v) is 2.85. The maximum atomic E-state index is 12.8. The van der Waals surface area contributed by atoms with Gasteiger partial charge in [-0.15, -0.1) is 0 Å². The summed E-state index contributed by atoms with van der Waals surface area (Å²) in [5, 5.41) is 5.63. The minimum Gasteiger partial charge on any atom is -0.497 e. The Bertz CT molecular complexity index is 806. The van der Waals surface area contributed by atoms with E-state index in [4.69, 9.17) is 9.47 Å². The van der Waals surface area contributed by atoms with Crippen LogP contribution in [0.5, 0.6) is 11.5 Å². The van der Waals surface area contributed by atoms with Crippen molar-refractivity contribution >= 4 is 33.4 Å². The van der Waals surface area contributed by atoms with Gasteiger partial charge in [0.05, 0.1) is 19.9 Å². The highest BCUT2D eigenvalue weighted by molar-refractivity contribution is 9.10. The monoisotopic (exact) mass is 434 g/mol. The summed E-state index contributed by atoms with van der Waals surface area (Å²) < 4.78 is 11.2. The number of nitrogens with one attached hydrogen (secondary N) is 2. The van der Waals surface area contributed by atoms with Crippen LogP contribution in [0.25, 0.3) is 0 Å². The highest BCUT2D eigenvalue weighted by atomic mass is 79.9. The number of methoxy groups -OCH3 is 2. The Hall–Kier alpha value is -2.54. The molecule has 1 unspecified atom stereocenters. The number of ether oxygens (including phenoxy) is 2. The van der Waals surface area contributed by atoms with Gasteiger partial charge in [-0.05, 0) is 48.4 Å². The van der Waals surface area contributed by atoms with Crippen LogP contribution in [0.4, 0.5) is 5.69 Å². The second-order valence-corrected chi connectivity index (χ2v) is 7.17. The molecule has 0 spiro atoms. The zero-order valence-electron chi connectivity index (χ0n) is 15.7. The van der Waals surface area contributed by atoms with Gasteiger partial charge < -0.3 is 20.1 Å². The fraction of sp³-hybridized carbons (Fsp3) is 0.300. The van der Waals surface area contributed by atoms with Crippen molar-refractivity contribution in [3.8, 4) is 11.5 Å². The highest BCUT2D eigenvalue weighted by Crippen LogP contribution is 2.28. The van der Waals surface area contributed by atoms with Crippen molar-refractivity contribution in [1.82, 2.24) is 5.32 Å². The molecule has 6 nitrogen and oxygen atoms in total. The molecular formula is C20H23BrN2O4. The Morgan fingerprint density at radius 3 is 2.22 bits per heavy atom. The van der Waals surface area contributed by atoms with Crippen molar-refractivity contribution in [1.29, 1.82) is 0 Å². The average Bonchev–Trinajstić information content (AvgIpc) is 2.65. The first kappa shape index (κ1) is 20.8. The molecule has 0 fully saturated rings. The van der Waals surface area contributed by atoms with Gasteiger partial charge in [0.2, 0.25) is 5.91 Å². The van der Waals surface area contributed by atoms with Crippen LogP contribution >= 0.6 is 15.9 Å². The molecular weight excluding hydrogens is 412 g/mol. The molecule has 2 rings (SSSR count). The largest absolute Gasteiger partial charge is 0.497 e. The van der Waals surface area contributed by atoms with Gasteiger partial charge in [0, 0.05) is 10.0 Å². The van der Waals surface area contributed by atoms with Crippen LogP contribution in [0.15, 0.2) is 46.9 Å². The van der Waals surface area contributed by atoms with E-state index in [-0.39, 0.29) is 17.7 Å². The number of hydrogen-bond donors (Lipinski definition) is 2. The fourth-order valence-electron chi connectivity index (χ4n) is 2.49. The summed E-state index contributed by atoms with van der Waals surface area (Å²) in [6, 6.07) is 11.3. The lowest BCUT2D eigenvalue weighted by Gasteiger charge is -2.22. The van der Waals surface area contributed by atoms with Crippen molar-refractivity contribution in [2.24, 2.45) is 5.92 Å². The summed E-state index contributed by atoms with van der Waals surface area (Å²) in [6.07, 6.45) is 0. The van der Waals surface area contributed by atoms with Crippen LogP contribution in [-0.2, 0) is 4.79 Å². The molecule has 1 atom stereocenters. The van der Waals surface area contributed by atoms with E-state index in [1.807, 2.05) is 19.9 Å². The number of amides is 2. The Labute approximate surface area is 167 Å². The lowest BCUT2D eigenvalue weighted by atomic mass is 10.0. The summed E-state index contributed by atoms with van der Waals surface area (Å²) in [7, 11) is 3.09. The van der Waals surface area contributed by atoms with Crippen LogP contribution in [-0.4, -0.2) is 32.1 Å². The summed E-state index contributed by atoms with van der Waals surface area (Å²) >= 11 is 3.38. The minimum absolute atomic E-state index is 0.106. The molecule has 2 aromatic carbocycles. The molecule has 0 bridgehead atoms. The van der Waals surface area contributed by atoms with E-state index in [0.29, 0.717) is 22.7 Å². The van der Waals surface area contributed by atoms with E-state index < -0.39 is 6.04 Å². The van der Waals surface area contributed by atoms with E-state index >= 15 is 0 Å². The predicted octanol–water partition coefficient (Wildman–Crippen LogP) is 3.86. The molecule has 27 heavy (non-hydrogen) atoms. The third-order valence-electron chi connectivity index (χ3n) is 4.01.